The van der Waals surface area contributed by atoms with E-state index >= 15 is 0 Å². The first-order valence-electron chi connectivity index (χ1n) is 6.29. The molecule has 2 heterocycles. The Morgan fingerprint density at radius 1 is 0.947 bits per heavy atom. The smallest absolute Gasteiger partial charge is 0.165 e. The number of para-hydroxylation sites is 1. The number of benzene rings is 2. The molecule has 0 radical (unpaired) electrons. The van der Waals surface area contributed by atoms with Crippen LogP contribution in [0.15, 0.2) is 54.6 Å². The van der Waals surface area contributed by atoms with Crippen LogP contribution in [0.5, 0.6) is 5.75 Å². The van der Waals surface area contributed by atoms with Crippen molar-refractivity contribution in [2.24, 2.45) is 0 Å². The minimum atomic E-state index is 0.294. The molecular weight excluding hydrogens is 236 g/mol. The van der Waals surface area contributed by atoms with Crippen molar-refractivity contribution in [1.82, 2.24) is 9.78 Å². The van der Waals surface area contributed by atoms with Gasteiger partial charge in [0.15, 0.2) is 5.75 Å². The van der Waals surface area contributed by atoms with Gasteiger partial charge in [-0.25, -0.2) is 4.68 Å². The molecule has 0 bridgehead atoms. The second-order valence-electron chi connectivity index (χ2n) is 4.73. The number of rotatable bonds is 1. The quantitative estimate of drug-likeness (QED) is 0.562. The van der Waals surface area contributed by atoms with Crippen molar-refractivity contribution in [2.45, 2.75) is 6.42 Å². The largest absolute Gasteiger partial charge is 0.504 e. The Kier molecular flexibility index (Phi) is 2.03. The van der Waals surface area contributed by atoms with Crippen LogP contribution < -0.4 is 0 Å². The molecule has 1 N–H and O–H groups in total. The summed E-state index contributed by atoms with van der Waals surface area (Å²) < 4.78 is 1.85. The summed E-state index contributed by atoms with van der Waals surface area (Å²) in [7, 11) is 0. The minimum absolute atomic E-state index is 0.294. The summed E-state index contributed by atoms with van der Waals surface area (Å²) in [5.41, 5.74) is 4.75. The second kappa shape index (κ2) is 3.72. The first-order valence-corrected chi connectivity index (χ1v) is 6.29. The van der Waals surface area contributed by atoms with E-state index in [4.69, 9.17) is 0 Å². The Balaban J connectivity index is 1.93. The average Bonchev–Trinajstić information content (AvgIpc) is 2.98. The van der Waals surface area contributed by atoms with Gasteiger partial charge in [0, 0.05) is 12.0 Å². The molecule has 0 amide bonds. The van der Waals surface area contributed by atoms with Gasteiger partial charge in [-0.3, -0.25) is 0 Å². The fourth-order valence-electron chi connectivity index (χ4n) is 2.64. The van der Waals surface area contributed by atoms with Gasteiger partial charge in [0.2, 0.25) is 0 Å². The van der Waals surface area contributed by atoms with Crippen LogP contribution in [0.4, 0.5) is 0 Å². The van der Waals surface area contributed by atoms with Gasteiger partial charge in [-0.1, -0.05) is 48.5 Å². The van der Waals surface area contributed by atoms with Crippen LogP contribution in [-0.4, -0.2) is 14.9 Å². The number of hydrogen-bond donors (Lipinski definition) is 1. The van der Waals surface area contributed by atoms with Gasteiger partial charge in [0.1, 0.15) is 5.69 Å². The van der Waals surface area contributed by atoms with Gasteiger partial charge in [0.25, 0.3) is 0 Å². The standard InChI is InChI=1S/C16H12N2O/c19-16-14-10-12-8-4-5-9-13(12)18(14)17-15(16)11-6-2-1-3-7-11/h1-9,19H,10H2. The molecule has 1 aliphatic heterocycles. The molecule has 0 aliphatic carbocycles. The Morgan fingerprint density at radius 3 is 2.53 bits per heavy atom. The number of aromatic nitrogens is 2. The van der Waals surface area contributed by atoms with E-state index in [1.165, 1.54) is 5.56 Å². The van der Waals surface area contributed by atoms with Crippen LogP contribution in [-0.2, 0) is 6.42 Å². The van der Waals surface area contributed by atoms with Crippen molar-refractivity contribution in [3.63, 3.8) is 0 Å². The summed E-state index contributed by atoms with van der Waals surface area (Å²) in [4.78, 5) is 0. The minimum Gasteiger partial charge on any atom is -0.504 e. The zero-order chi connectivity index (χ0) is 12.8. The predicted octanol–water partition coefficient (Wildman–Crippen LogP) is 3.15. The molecule has 3 nitrogen and oxygen atoms in total. The lowest BCUT2D eigenvalue weighted by Crippen LogP contribution is -1.94. The number of fused-ring (bicyclic) bond motifs is 3. The number of hydrogen-bond acceptors (Lipinski definition) is 2. The molecule has 0 spiro atoms. The van der Waals surface area contributed by atoms with E-state index in [2.05, 4.69) is 11.2 Å². The molecule has 1 aromatic heterocycles. The fraction of sp³-hybridized carbons (Fsp3) is 0.0625. The molecular formula is C16H12N2O. The Hall–Kier alpha value is -2.55. The van der Waals surface area contributed by atoms with Gasteiger partial charge >= 0.3 is 0 Å². The normalized spacial score (nSPS) is 12.2. The topological polar surface area (TPSA) is 38.1 Å². The molecule has 2 aromatic carbocycles. The molecule has 0 fully saturated rings. The third-order valence-corrected chi connectivity index (χ3v) is 3.58. The molecule has 0 saturated carbocycles. The van der Waals surface area contributed by atoms with Crippen molar-refractivity contribution < 1.29 is 5.11 Å². The van der Waals surface area contributed by atoms with Crippen LogP contribution in [0.25, 0.3) is 16.9 Å². The lowest BCUT2D eigenvalue weighted by molar-refractivity contribution is 0.471. The van der Waals surface area contributed by atoms with Crippen LogP contribution in [0.1, 0.15) is 11.3 Å². The predicted molar refractivity (Wildman–Crippen MR) is 73.5 cm³/mol. The first kappa shape index (κ1) is 10.4. The summed E-state index contributed by atoms with van der Waals surface area (Å²) in [6.45, 7) is 0. The Labute approximate surface area is 110 Å². The van der Waals surface area contributed by atoms with Gasteiger partial charge < -0.3 is 5.11 Å². The highest BCUT2D eigenvalue weighted by molar-refractivity contribution is 5.70. The lowest BCUT2D eigenvalue weighted by Gasteiger charge is -2.00. The maximum absolute atomic E-state index is 10.4. The van der Waals surface area contributed by atoms with Crippen LogP contribution in [0.3, 0.4) is 0 Å². The zero-order valence-electron chi connectivity index (χ0n) is 10.2. The van der Waals surface area contributed by atoms with Crippen LogP contribution >= 0.6 is 0 Å². The third-order valence-electron chi connectivity index (χ3n) is 3.58. The third kappa shape index (κ3) is 1.41. The molecule has 3 aromatic rings. The Bertz CT molecular complexity index is 759. The number of nitrogens with zero attached hydrogens (tertiary/aromatic N) is 2. The molecule has 3 heteroatoms. The summed E-state index contributed by atoms with van der Waals surface area (Å²) in [5.74, 6) is 0.294. The van der Waals surface area contributed by atoms with Gasteiger partial charge in [-0.15, -0.1) is 0 Å². The highest BCUT2D eigenvalue weighted by atomic mass is 16.3. The molecule has 0 saturated heterocycles. The average molecular weight is 248 g/mol. The van der Waals surface area contributed by atoms with E-state index in [1.54, 1.807) is 0 Å². The summed E-state index contributed by atoms with van der Waals surface area (Å²) in [6, 6.07) is 17.9. The number of aromatic hydroxyl groups is 1. The summed E-state index contributed by atoms with van der Waals surface area (Å²) in [5, 5.41) is 15.0. The molecule has 19 heavy (non-hydrogen) atoms. The second-order valence-corrected chi connectivity index (χ2v) is 4.73. The van der Waals surface area contributed by atoms with Gasteiger partial charge in [0.05, 0.1) is 11.4 Å². The maximum Gasteiger partial charge on any atom is 0.165 e. The van der Waals surface area contributed by atoms with Crippen molar-refractivity contribution in [1.29, 1.82) is 0 Å². The van der Waals surface area contributed by atoms with Crippen molar-refractivity contribution >= 4 is 0 Å². The summed E-state index contributed by atoms with van der Waals surface area (Å²) >= 11 is 0. The van der Waals surface area contributed by atoms with Crippen molar-refractivity contribution in [3.05, 3.63) is 65.9 Å². The summed E-state index contributed by atoms with van der Waals surface area (Å²) in [6.07, 6.45) is 0.738. The van der Waals surface area contributed by atoms with E-state index in [0.717, 1.165) is 23.4 Å². The molecule has 4 rings (SSSR count). The highest BCUT2D eigenvalue weighted by Crippen LogP contribution is 2.38. The van der Waals surface area contributed by atoms with Crippen molar-refractivity contribution in [3.8, 4) is 22.7 Å². The molecule has 0 unspecified atom stereocenters. The van der Waals surface area contributed by atoms with E-state index in [9.17, 15) is 5.11 Å². The molecule has 0 atom stereocenters. The first-order chi connectivity index (χ1) is 9.34. The Morgan fingerprint density at radius 2 is 1.68 bits per heavy atom. The molecule has 92 valence electrons. The van der Waals surface area contributed by atoms with Crippen LogP contribution in [0, 0.1) is 0 Å². The van der Waals surface area contributed by atoms with Gasteiger partial charge in [-0.2, -0.15) is 5.10 Å². The zero-order valence-corrected chi connectivity index (χ0v) is 10.2. The van der Waals surface area contributed by atoms with E-state index in [-0.39, 0.29) is 0 Å². The highest BCUT2D eigenvalue weighted by Gasteiger charge is 2.26. The molecule has 1 aliphatic rings. The van der Waals surface area contributed by atoms with Crippen molar-refractivity contribution in [2.75, 3.05) is 0 Å². The van der Waals surface area contributed by atoms with Gasteiger partial charge in [-0.05, 0) is 11.6 Å². The van der Waals surface area contributed by atoms with E-state index < -0.39 is 0 Å². The monoisotopic (exact) mass is 248 g/mol. The van der Waals surface area contributed by atoms with E-state index in [1.807, 2.05) is 53.2 Å². The SMILES string of the molecule is Oc1c(-c2ccccc2)nn2c1Cc1ccccc1-2. The fourth-order valence-corrected chi connectivity index (χ4v) is 2.64. The lowest BCUT2D eigenvalue weighted by atomic mass is 10.1. The maximum atomic E-state index is 10.4. The van der Waals surface area contributed by atoms with Crippen LogP contribution in [0.2, 0.25) is 0 Å². The van der Waals surface area contributed by atoms with E-state index in [0.29, 0.717) is 11.4 Å².